The maximum Gasteiger partial charge on any atom is 0.427 e. The molecule has 0 radical (unpaired) electrons. The fraction of sp³-hybridized carbons (Fsp3) is 0.700. The highest BCUT2D eigenvalue weighted by atomic mass is 32.1. The molecule has 0 spiro atoms. The Labute approximate surface area is 96.1 Å². The molecule has 0 aromatic carbocycles. The zero-order valence-corrected chi connectivity index (χ0v) is 9.57. The number of hydrogen-bond donors (Lipinski definition) is 0. The van der Waals surface area contributed by atoms with Crippen molar-refractivity contribution < 1.29 is 13.2 Å². The van der Waals surface area contributed by atoms with Crippen molar-refractivity contribution in [2.24, 2.45) is 0 Å². The minimum Gasteiger partial charge on any atom is -0.348 e. The van der Waals surface area contributed by atoms with E-state index in [0.29, 0.717) is 5.13 Å². The Kier molecular flexibility index (Phi) is 3.37. The van der Waals surface area contributed by atoms with Crippen LogP contribution >= 0.6 is 11.3 Å². The van der Waals surface area contributed by atoms with Crippen LogP contribution in [0.4, 0.5) is 18.3 Å². The number of hydrogen-bond acceptors (Lipinski definition) is 3. The standard InChI is InChI=1S/C10H13F3N2S/c11-10(12,13)8-7-14-9(16-8)15-5-3-1-2-4-6-15/h7H,1-6H2. The average Bonchev–Trinajstić information content (AvgIpc) is 2.55. The Balaban J connectivity index is 2.11. The number of nitrogens with zero attached hydrogens (tertiary/aromatic N) is 2. The van der Waals surface area contributed by atoms with Gasteiger partial charge in [0.15, 0.2) is 5.13 Å². The van der Waals surface area contributed by atoms with Crippen LogP contribution in [0.5, 0.6) is 0 Å². The third kappa shape index (κ3) is 2.66. The van der Waals surface area contributed by atoms with E-state index in [1.807, 2.05) is 4.90 Å². The smallest absolute Gasteiger partial charge is 0.348 e. The van der Waals surface area contributed by atoms with E-state index in [9.17, 15) is 13.2 Å². The van der Waals surface area contributed by atoms with Gasteiger partial charge in [0, 0.05) is 13.1 Å². The second-order valence-corrected chi connectivity index (χ2v) is 4.92. The van der Waals surface area contributed by atoms with Crippen LogP contribution in [0.25, 0.3) is 0 Å². The van der Waals surface area contributed by atoms with Crippen molar-refractivity contribution in [3.63, 3.8) is 0 Å². The molecule has 1 aliphatic rings. The number of rotatable bonds is 1. The molecule has 0 atom stereocenters. The highest BCUT2D eigenvalue weighted by Crippen LogP contribution is 2.36. The zero-order valence-electron chi connectivity index (χ0n) is 8.76. The van der Waals surface area contributed by atoms with E-state index in [4.69, 9.17) is 0 Å². The third-order valence-electron chi connectivity index (χ3n) is 2.65. The average molecular weight is 250 g/mol. The molecule has 0 amide bonds. The molecule has 1 fully saturated rings. The summed E-state index contributed by atoms with van der Waals surface area (Å²) in [5.74, 6) is 0. The van der Waals surface area contributed by atoms with Gasteiger partial charge in [-0.3, -0.25) is 0 Å². The van der Waals surface area contributed by atoms with Crippen molar-refractivity contribution >= 4 is 16.5 Å². The molecule has 0 saturated carbocycles. The summed E-state index contributed by atoms with van der Waals surface area (Å²) in [7, 11) is 0. The van der Waals surface area contributed by atoms with Crippen LogP contribution in [0.3, 0.4) is 0 Å². The summed E-state index contributed by atoms with van der Waals surface area (Å²) in [6, 6.07) is 0. The molecule has 0 bridgehead atoms. The lowest BCUT2D eigenvalue weighted by Gasteiger charge is -2.18. The van der Waals surface area contributed by atoms with Gasteiger partial charge in [-0.25, -0.2) is 4.98 Å². The number of halogens is 3. The van der Waals surface area contributed by atoms with Gasteiger partial charge in [-0.05, 0) is 12.8 Å². The molecule has 1 saturated heterocycles. The summed E-state index contributed by atoms with van der Waals surface area (Å²) in [5, 5.41) is 0.509. The molecule has 2 nitrogen and oxygen atoms in total. The Morgan fingerprint density at radius 2 is 1.75 bits per heavy atom. The highest BCUT2D eigenvalue weighted by molar-refractivity contribution is 7.15. The maximum absolute atomic E-state index is 12.4. The van der Waals surface area contributed by atoms with Gasteiger partial charge < -0.3 is 4.90 Å². The van der Waals surface area contributed by atoms with E-state index in [0.717, 1.165) is 56.3 Å². The molecule has 1 aliphatic heterocycles. The topological polar surface area (TPSA) is 16.1 Å². The second kappa shape index (κ2) is 4.61. The van der Waals surface area contributed by atoms with Crippen LogP contribution in [0.15, 0.2) is 6.20 Å². The van der Waals surface area contributed by atoms with Crippen molar-refractivity contribution in [3.8, 4) is 0 Å². The van der Waals surface area contributed by atoms with Gasteiger partial charge in [-0.1, -0.05) is 24.2 Å². The molecular weight excluding hydrogens is 237 g/mol. The third-order valence-corrected chi connectivity index (χ3v) is 3.75. The van der Waals surface area contributed by atoms with Crippen LogP contribution in [0.2, 0.25) is 0 Å². The minimum atomic E-state index is -4.26. The van der Waals surface area contributed by atoms with E-state index in [-0.39, 0.29) is 0 Å². The van der Waals surface area contributed by atoms with Crippen molar-refractivity contribution in [2.45, 2.75) is 31.9 Å². The molecule has 1 aromatic heterocycles. The lowest BCUT2D eigenvalue weighted by molar-refractivity contribution is -0.134. The quantitative estimate of drug-likeness (QED) is 0.757. The van der Waals surface area contributed by atoms with E-state index >= 15 is 0 Å². The lowest BCUT2D eigenvalue weighted by atomic mass is 10.2. The number of aromatic nitrogens is 1. The van der Waals surface area contributed by atoms with Gasteiger partial charge >= 0.3 is 6.18 Å². The second-order valence-electron chi connectivity index (χ2n) is 3.91. The number of alkyl halides is 3. The molecule has 2 heterocycles. The monoisotopic (exact) mass is 250 g/mol. The summed E-state index contributed by atoms with van der Waals surface area (Å²) in [6.07, 6.45) is 1.08. The first-order valence-electron chi connectivity index (χ1n) is 5.35. The first-order valence-corrected chi connectivity index (χ1v) is 6.17. The van der Waals surface area contributed by atoms with Gasteiger partial charge in [0.1, 0.15) is 4.88 Å². The Morgan fingerprint density at radius 1 is 1.12 bits per heavy atom. The zero-order chi connectivity index (χ0) is 11.6. The van der Waals surface area contributed by atoms with Crippen molar-refractivity contribution in [2.75, 3.05) is 18.0 Å². The molecule has 16 heavy (non-hydrogen) atoms. The number of thiazole rings is 1. The predicted molar refractivity (Wildman–Crippen MR) is 57.8 cm³/mol. The van der Waals surface area contributed by atoms with Crippen molar-refractivity contribution in [1.82, 2.24) is 4.98 Å². The summed E-state index contributed by atoms with van der Waals surface area (Å²) >= 11 is 0.745. The normalized spacial score (nSPS) is 18.6. The summed E-state index contributed by atoms with van der Waals surface area (Å²) in [5.41, 5.74) is 0. The van der Waals surface area contributed by atoms with Gasteiger partial charge in [0.2, 0.25) is 0 Å². The fourth-order valence-corrected chi connectivity index (χ4v) is 2.64. The van der Waals surface area contributed by atoms with Gasteiger partial charge in [-0.15, -0.1) is 0 Å². The molecule has 0 N–H and O–H groups in total. The van der Waals surface area contributed by atoms with Gasteiger partial charge in [0.25, 0.3) is 0 Å². The van der Waals surface area contributed by atoms with E-state index in [1.54, 1.807) is 0 Å². The Bertz CT molecular complexity index is 340. The molecule has 0 aliphatic carbocycles. The van der Waals surface area contributed by atoms with Gasteiger partial charge in [-0.2, -0.15) is 13.2 Å². The fourth-order valence-electron chi connectivity index (χ4n) is 1.80. The van der Waals surface area contributed by atoms with Crippen LogP contribution in [-0.4, -0.2) is 18.1 Å². The van der Waals surface area contributed by atoms with E-state index < -0.39 is 11.1 Å². The van der Waals surface area contributed by atoms with E-state index in [2.05, 4.69) is 4.98 Å². The minimum absolute atomic E-state index is 0.509. The maximum atomic E-state index is 12.4. The molecule has 2 rings (SSSR count). The summed E-state index contributed by atoms with van der Waals surface area (Å²) in [6.45, 7) is 1.65. The highest BCUT2D eigenvalue weighted by Gasteiger charge is 2.33. The van der Waals surface area contributed by atoms with E-state index in [1.165, 1.54) is 0 Å². The SMILES string of the molecule is FC(F)(F)c1cnc(N2CCCCCC2)s1. The summed E-state index contributed by atoms with van der Waals surface area (Å²) in [4.78, 5) is 5.23. The first kappa shape index (κ1) is 11.7. The van der Waals surface area contributed by atoms with Gasteiger partial charge in [0.05, 0.1) is 6.20 Å². The van der Waals surface area contributed by atoms with Crippen LogP contribution < -0.4 is 4.90 Å². The lowest BCUT2D eigenvalue weighted by Crippen LogP contribution is -2.23. The van der Waals surface area contributed by atoms with Crippen LogP contribution in [0, 0.1) is 0 Å². The van der Waals surface area contributed by atoms with Crippen molar-refractivity contribution in [3.05, 3.63) is 11.1 Å². The first-order chi connectivity index (χ1) is 7.57. The summed E-state index contributed by atoms with van der Waals surface area (Å²) < 4.78 is 37.2. The molecule has 1 aromatic rings. The Hall–Kier alpha value is -0.780. The largest absolute Gasteiger partial charge is 0.427 e. The Morgan fingerprint density at radius 3 is 2.25 bits per heavy atom. The van der Waals surface area contributed by atoms with Crippen LogP contribution in [-0.2, 0) is 6.18 Å². The number of anilines is 1. The predicted octanol–water partition coefficient (Wildman–Crippen LogP) is 3.54. The van der Waals surface area contributed by atoms with Crippen molar-refractivity contribution in [1.29, 1.82) is 0 Å². The molecular formula is C10H13F3N2S. The van der Waals surface area contributed by atoms with Crippen LogP contribution in [0.1, 0.15) is 30.6 Å². The molecule has 90 valence electrons. The molecule has 6 heteroatoms. The molecule has 0 unspecified atom stereocenters.